The van der Waals surface area contributed by atoms with Gasteiger partial charge in [-0.05, 0) is 25.0 Å². The van der Waals surface area contributed by atoms with Gasteiger partial charge in [0.15, 0.2) is 18.2 Å². The van der Waals surface area contributed by atoms with Crippen molar-refractivity contribution in [3.63, 3.8) is 0 Å². The maximum Gasteiger partial charge on any atom is 0.325 e. The van der Waals surface area contributed by atoms with E-state index in [-0.39, 0.29) is 5.91 Å². The van der Waals surface area contributed by atoms with Gasteiger partial charge in [0.2, 0.25) is 0 Å². The number of likely N-dealkylation sites (N-methyl/N-ethyl adjacent to an activating group) is 1. The molecule has 0 bridgehead atoms. The van der Waals surface area contributed by atoms with Crippen molar-refractivity contribution in [3.05, 3.63) is 34.9 Å². The van der Waals surface area contributed by atoms with Gasteiger partial charge in [0, 0.05) is 53.4 Å². The number of aryl methyl sites for hydroxylation is 2. The zero-order valence-electron chi connectivity index (χ0n) is 18.8. The quantitative estimate of drug-likeness (QED) is 0.741. The molecule has 4 rings (SSSR count). The number of carbonyl (C=O) groups is 2. The van der Waals surface area contributed by atoms with Gasteiger partial charge in [-0.25, -0.2) is 9.79 Å². The van der Waals surface area contributed by atoms with Crippen molar-refractivity contribution < 1.29 is 14.3 Å². The van der Waals surface area contributed by atoms with Crippen LogP contribution in [0.25, 0.3) is 0 Å². The number of guanidine groups is 1. The van der Waals surface area contributed by atoms with E-state index in [1.807, 2.05) is 4.90 Å². The Kier molecular flexibility index (Phi) is 6.15. The molecule has 2 atom stereocenters. The van der Waals surface area contributed by atoms with Crippen molar-refractivity contribution in [1.29, 1.82) is 0 Å². The largest absolute Gasteiger partial charge is 0.383 e. The molecule has 2 unspecified atom stereocenters. The molecule has 31 heavy (non-hydrogen) atoms. The van der Waals surface area contributed by atoms with Gasteiger partial charge in [0.25, 0.3) is 5.91 Å². The molecule has 9 nitrogen and oxygen atoms in total. The van der Waals surface area contributed by atoms with Crippen molar-refractivity contribution in [1.82, 2.24) is 24.9 Å². The molecular formula is C22H32N6O3. The maximum atomic E-state index is 12.6. The second kappa shape index (κ2) is 8.84. The third-order valence-electron chi connectivity index (χ3n) is 6.43. The lowest BCUT2D eigenvalue weighted by molar-refractivity contribution is -0.127. The van der Waals surface area contributed by atoms with Crippen LogP contribution in [0.4, 0.5) is 4.79 Å². The first kappa shape index (κ1) is 21.6. The smallest absolute Gasteiger partial charge is 0.325 e. The van der Waals surface area contributed by atoms with E-state index in [9.17, 15) is 9.59 Å². The third kappa shape index (κ3) is 4.24. The topological polar surface area (TPSA) is 80.7 Å². The lowest BCUT2D eigenvalue weighted by Crippen LogP contribution is -2.65. The Morgan fingerprint density at radius 2 is 1.90 bits per heavy atom. The first-order valence-corrected chi connectivity index (χ1v) is 10.8. The highest BCUT2D eigenvalue weighted by Crippen LogP contribution is 2.26. The van der Waals surface area contributed by atoms with E-state index in [0.29, 0.717) is 13.2 Å². The van der Waals surface area contributed by atoms with Crippen LogP contribution in [0, 0.1) is 13.8 Å². The molecule has 3 heterocycles. The Bertz CT molecular complexity index is 880. The number of urea groups is 1. The minimum atomic E-state index is -0.513. The number of rotatable bonds is 5. The minimum Gasteiger partial charge on any atom is -0.383 e. The number of piperazine rings is 1. The number of ether oxygens (including phenoxy) is 1. The second-order valence-corrected chi connectivity index (χ2v) is 8.57. The van der Waals surface area contributed by atoms with Crippen LogP contribution in [0.2, 0.25) is 0 Å². The van der Waals surface area contributed by atoms with Gasteiger partial charge >= 0.3 is 6.03 Å². The summed E-state index contributed by atoms with van der Waals surface area (Å²) in [6.07, 6.45) is -0.499. The molecule has 3 amide bonds. The van der Waals surface area contributed by atoms with Gasteiger partial charge in [-0.15, -0.1) is 0 Å². The number of nitrogens with one attached hydrogen (secondary N) is 1. The molecule has 0 aliphatic carbocycles. The van der Waals surface area contributed by atoms with Gasteiger partial charge < -0.3 is 19.4 Å². The van der Waals surface area contributed by atoms with E-state index in [1.165, 1.54) is 21.6 Å². The lowest BCUT2D eigenvalue weighted by Gasteiger charge is -2.40. The van der Waals surface area contributed by atoms with Gasteiger partial charge in [0.1, 0.15) is 0 Å². The SMILES string of the molecule is COCCN1C(N2CCN(Cc3cc(C)ccc3C)CC2)=NC2C1C(=O)NC(=O)N2C. The Morgan fingerprint density at radius 3 is 2.61 bits per heavy atom. The summed E-state index contributed by atoms with van der Waals surface area (Å²) in [7, 11) is 3.33. The zero-order valence-corrected chi connectivity index (χ0v) is 18.8. The lowest BCUT2D eigenvalue weighted by atomic mass is 10.0. The number of amides is 3. The van der Waals surface area contributed by atoms with Crippen LogP contribution >= 0.6 is 0 Å². The van der Waals surface area contributed by atoms with Crippen molar-refractivity contribution in [3.8, 4) is 0 Å². The number of hydrogen-bond donors (Lipinski definition) is 1. The first-order valence-electron chi connectivity index (χ1n) is 10.8. The van der Waals surface area contributed by atoms with Crippen LogP contribution < -0.4 is 5.32 Å². The molecule has 3 aliphatic heterocycles. The van der Waals surface area contributed by atoms with Crippen LogP contribution in [0.1, 0.15) is 16.7 Å². The third-order valence-corrected chi connectivity index (χ3v) is 6.43. The molecule has 2 fully saturated rings. The molecule has 0 radical (unpaired) electrons. The molecule has 2 saturated heterocycles. The van der Waals surface area contributed by atoms with E-state index >= 15 is 0 Å². The van der Waals surface area contributed by atoms with Crippen LogP contribution in [0.15, 0.2) is 23.2 Å². The Morgan fingerprint density at radius 1 is 1.16 bits per heavy atom. The molecule has 168 valence electrons. The number of imide groups is 1. The fourth-order valence-corrected chi connectivity index (χ4v) is 4.52. The number of methoxy groups -OCH3 is 1. The number of nitrogens with zero attached hydrogens (tertiary/aromatic N) is 5. The van der Waals surface area contributed by atoms with Gasteiger partial charge in [-0.2, -0.15) is 0 Å². The first-order chi connectivity index (χ1) is 14.9. The van der Waals surface area contributed by atoms with Gasteiger partial charge in [0.05, 0.1) is 6.61 Å². The van der Waals surface area contributed by atoms with Crippen LogP contribution in [0.3, 0.4) is 0 Å². The van der Waals surface area contributed by atoms with Crippen molar-refractivity contribution >= 4 is 17.9 Å². The fraction of sp³-hybridized carbons (Fsp3) is 0.591. The monoisotopic (exact) mass is 428 g/mol. The summed E-state index contributed by atoms with van der Waals surface area (Å²) in [5.41, 5.74) is 3.98. The van der Waals surface area contributed by atoms with E-state index in [2.05, 4.69) is 47.2 Å². The average molecular weight is 429 g/mol. The molecule has 1 aromatic rings. The fourth-order valence-electron chi connectivity index (χ4n) is 4.52. The summed E-state index contributed by atoms with van der Waals surface area (Å²) >= 11 is 0. The van der Waals surface area contributed by atoms with E-state index < -0.39 is 18.2 Å². The highest BCUT2D eigenvalue weighted by Gasteiger charge is 2.49. The Hall–Kier alpha value is -2.65. The molecular weight excluding hydrogens is 396 g/mol. The Labute approximate surface area is 183 Å². The zero-order chi connectivity index (χ0) is 22.1. The number of fused-ring (bicyclic) bond motifs is 1. The highest BCUT2D eigenvalue weighted by atomic mass is 16.5. The molecule has 0 aromatic heterocycles. The summed E-state index contributed by atoms with van der Waals surface area (Å²) in [4.78, 5) is 37.7. The molecule has 3 aliphatic rings. The summed E-state index contributed by atoms with van der Waals surface area (Å²) in [5, 5.41) is 2.44. The number of hydrogen-bond acceptors (Lipinski definition) is 7. The predicted octanol–water partition coefficient (Wildman–Crippen LogP) is 0.615. The minimum absolute atomic E-state index is 0.295. The normalized spacial score (nSPS) is 24.4. The molecule has 1 N–H and O–H groups in total. The van der Waals surface area contributed by atoms with Crippen LogP contribution in [-0.4, -0.2) is 103 Å². The average Bonchev–Trinajstić information content (AvgIpc) is 3.14. The summed E-state index contributed by atoms with van der Waals surface area (Å²) in [5.74, 6) is 0.492. The van der Waals surface area contributed by atoms with Gasteiger partial charge in [-0.1, -0.05) is 23.8 Å². The second-order valence-electron chi connectivity index (χ2n) is 8.57. The maximum absolute atomic E-state index is 12.6. The van der Waals surface area contributed by atoms with Crippen molar-refractivity contribution in [2.75, 3.05) is 53.5 Å². The highest BCUT2D eigenvalue weighted by molar-refractivity contribution is 6.03. The van der Waals surface area contributed by atoms with E-state index in [4.69, 9.17) is 9.73 Å². The van der Waals surface area contributed by atoms with Crippen LogP contribution in [-0.2, 0) is 16.1 Å². The summed E-state index contributed by atoms with van der Waals surface area (Å²) < 4.78 is 5.27. The molecule has 1 aromatic carbocycles. The number of benzene rings is 1. The van der Waals surface area contributed by atoms with E-state index in [0.717, 1.165) is 38.7 Å². The predicted molar refractivity (Wildman–Crippen MR) is 118 cm³/mol. The van der Waals surface area contributed by atoms with Crippen molar-refractivity contribution in [2.45, 2.75) is 32.6 Å². The molecule has 0 spiro atoms. The van der Waals surface area contributed by atoms with E-state index in [1.54, 1.807) is 14.2 Å². The summed E-state index contributed by atoms with van der Waals surface area (Å²) in [6, 6.07) is 5.70. The number of carbonyl (C=O) groups excluding carboxylic acids is 2. The molecule has 0 saturated carbocycles. The van der Waals surface area contributed by atoms with Gasteiger partial charge in [-0.3, -0.25) is 15.0 Å². The Balaban J connectivity index is 1.46. The standard InChI is InChI=1S/C22H32N6O3/c1-15-5-6-16(2)17(13-15)14-26-7-9-27(10-8-26)21-23-19-18(28(21)11-12-31-4)20(29)24-22(30)25(19)3/h5-6,13,18-19H,7-12,14H2,1-4H3,(H,24,29,30). The molecule has 9 heteroatoms. The summed E-state index contributed by atoms with van der Waals surface area (Å²) in [6.45, 7) is 9.75. The number of aliphatic imine (C=N–C) groups is 1. The van der Waals surface area contributed by atoms with Crippen LogP contribution in [0.5, 0.6) is 0 Å². The van der Waals surface area contributed by atoms with Crippen molar-refractivity contribution in [2.24, 2.45) is 4.99 Å².